The van der Waals surface area contributed by atoms with E-state index in [0.717, 1.165) is 10.2 Å². The molecule has 0 aliphatic rings. The van der Waals surface area contributed by atoms with Crippen molar-refractivity contribution in [3.63, 3.8) is 0 Å². The summed E-state index contributed by atoms with van der Waals surface area (Å²) in [6.45, 7) is 0. The zero-order valence-electron chi connectivity index (χ0n) is 10.9. The fraction of sp³-hybridized carbons (Fsp3) is 0.154. The van der Waals surface area contributed by atoms with E-state index in [1.165, 1.54) is 11.3 Å². The van der Waals surface area contributed by atoms with E-state index >= 15 is 0 Å². The number of hydrogen-bond acceptors (Lipinski definition) is 3. The van der Waals surface area contributed by atoms with Gasteiger partial charge < -0.3 is 4.57 Å². The Kier molecular flexibility index (Phi) is 3.19. The van der Waals surface area contributed by atoms with Crippen molar-refractivity contribution in [1.29, 1.82) is 0 Å². The van der Waals surface area contributed by atoms with E-state index < -0.39 is 0 Å². The first-order valence-electron chi connectivity index (χ1n) is 5.88. The number of nitrogens with zero attached hydrogens (tertiary/aromatic N) is 4. The standard InChI is InChI=1S/C13H11ClN4OS/c1-17-6-5-9(16-17)12(19)15-13-18(2)10-4-3-8(14)7-11(10)20-13/h3-7H,1-2H3. The predicted molar refractivity (Wildman–Crippen MR) is 78.9 cm³/mol. The van der Waals surface area contributed by atoms with Gasteiger partial charge in [-0.2, -0.15) is 10.1 Å². The molecule has 0 radical (unpaired) electrons. The fourth-order valence-electron chi connectivity index (χ4n) is 1.89. The summed E-state index contributed by atoms with van der Waals surface area (Å²) in [5.41, 5.74) is 1.33. The van der Waals surface area contributed by atoms with Crippen molar-refractivity contribution in [2.45, 2.75) is 0 Å². The van der Waals surface area contributed by atoms with Gasteiger partial charge in [0.1, 0.15) is 0 Å². The average molecular weight is 307 g/mol. The second-order valence-electron chi connectivity index (χ2n) is 4.35. The SMILES string of the molecule is Cn1ccc(C(=O)N=c2sc3cc(Cl)ccc3n2C)n1. The highest BCUT2D eigenvalue weighted by Crippen LogP contribution is 2.21. The van der Waals surface area contributed by atoms with Gasteiger partial charge in [-0.3, -0.25) is 9.48 Å². The Labute approximate surface area is 123 Å². The lowest BCUT2D eigenvalue weighted by molar-refractivity contribution is 0.0992. The molecule has 3 rings (SSSR count). The van der Waals surface area contributed by atoms with Crippen LogP contribution in [0.15, 0.2) is 35.5 Å². The molecule has 0 aliphatic heterocycles. The van der Waals surface area contributed by atoms with Crippen LogP contribution in [0.4, 0.5) is 0 Å². The van der Waals surface area contributed by atoms with Crippen LogP contribution >= 0.6 is 22.9 Å². The van der Waals surface area contributed by atoms with E-state index in [0.29, 0.717) is 15.5 Å². The minimum absolute atomic E-state index is 0.336. The Morgan fingerprint density at radius 3 is 2.85 bits per heavy atom. The van der Waals surface area contributed by atoms with Crippen molar-refractivity contribution in [3.8, 4) is 0 Å². The Morgan fingerprint density at radius 2 is 2.15 bits per heavy atom. The number of fused-ring (bicyclic) bond motifs is 1. The number of benzene rings is 1. The third kappa shape index (κ3) is 2.28. The lowest BCUT2D eigenvalue weighted by atomic mass is 10.3. The second-order valence-corrected chi connectivity index (χ2v) is 5.79. The maximum Gasteiger partial charge on any atom is 0.300 e. The molecular weight excluding hydrogens is 296 g/mol. The number of halogens is 1. The maximum absolute atomic E-state index is 12.0. The predicted octanol–water partition coefficient (Wildman–Crippen LogP) is 2.37. The highest BCUT2D eigenvalue weighted by atomic mass is 35.5. The molecule has 0 saturated carbocycles. The van der Waals surface area contributed by atoms with Crippen LogP contribution in [0.1, 0.15) is 10.5 Å². The summed E-state index contributed by atoms with van der Waals surface area (Å²) >= 11 is 7.40. The van der Waals surface area contributed by atoms with Gasteiger partial charge in [0.05, 0.1) is 10.2 Å². The molecule has 5 nitrogen and oxygen atoms in total. The molecule has 7 heteroatoms. The van der Waals surface area contributed by atoms with Gasteiger partial charge in [-0.15, -0.1) is 0 Å². The van der Waals surface area contributed by atoms with Crippen molar-refractivity contribution in [3.05, 3.63) is 46.0 Å². The Hall–Kier alpha value is -1.92. The molecule has 1 amide bonds. The van der Waals surface area contributed by atoms with Crippen LogP contribution < -0.4 is 4.80 Å². The number of aromatic nitrogens is 3. The third-order valence-corrected chi connectivity index (χ3v) is 4.23. The molecule has 0 N–H and O–H groups in total. The number of carbonyl (C=O) groups is 1. The molecular formula is C13H11ClN4OS. The fourth-order valence-corrected chi connectivity index (χ4v) is 3.18. The monoisotopic (exact) mass is 306 g/mol. The smallest absolute Gasteiger partial charge is 0.300 e. The first-order valence-corrected chi connectivity index (χ1v) is 7.08. The molecule has 0 bridgehead atoms. The lowest BCUT2D eigenvalue weighted by Crippen LogP contribution is -2.13. The third-order valence-electron chi connectivity index (χ3n) is 2.90. The van der Waals surface area contributed by atoms with E-state index in [2.05, 4.69) is 10.1 Å². The highest BCUT2D eigenvalue weighted by Gasteiger charge is 2.09. The number of hydrogen-bond donors (Lipinski definition) is 0. The molecule has 0 spiro atoms. The summed E-state index contributed by atoms with van der Waals surface area (Å²) in [7, 11) is 3.63. The molecule has 2 aromatic heterocycles. The van der Waals surface area contributed by atoms with Gasteiger partial charge in [0.2, 0.25) is 0 Å². The summed E-state index contributed by atoms with van der Waals surface area (Å²) in [5, 5.41) is 4.72. The summed E-state index contributed by atoms with van der Waals surface area (Å²) in [5.74, 6) is -0.348. The number of carbonyl (C=O) groups excluding carboxylic acids is 1. The lowest BCUT2D eigenvalue weighted by Gasteiger charge is -1.94. The normalized spacial score (nSPS) is 12.2. The molecule has 0 saturated heterocycles. The number of amides is 1. The zero-order valence-corrected chi connectivity index (χ0v) is 12.4. The van der Waals surface area contributed by atoms with Gasteiger partial charge in [0, 0.05) is 25.3 Å². The molecule has 0 aliphatic carbocycles. The van der Waals surface area contributed by atoms with Crippen LogP contribution in [0.2, 0.25) is 5.02 Å². The zero-order chi connectivity index (χ0) is 14.3. The van der Waals surface area contributed by atoms with E-state index in [1.807, 2.05) is 29.8 Å². The summed E-state index contributed by atoms with van der Waals surface area (Å²) in [6.07, 6.45) is 1.72. The van der Waals surface area contributed by atoms with Gasteiger partial charge in [-0.25, -0.2) is 0 Å². The molecule has 1 aromatic carbocycles. The Balaban J connectivity index is 2.12. The van der Waals surface area contributed by atoms with Crippen molar-refractivity contribution >= 4 is 39.1 Å². The second kappa shape index (κ2) is 4.88. The summed E-state index contributed by atoms with van der Waals surface area (Å²) < 4.78 is 4.44. The topological polar surface area (TPSA) is 52.2 Å². The first kappa shape index (κ1) is 13.1. The van der Waals surface area contributed by atoms with Crippen LogP contribution in [0.3, 0.4) is 0 Å². The van der Waals surface area contributed by atoms with Crippen LogP contribution in [0.5, 0.6) is 0 Å². The molecule has 3 aromatic rings. The van der Waals surface area contributed by atoms with E-state index in [4.69, 9.17) is 11.6 Å². The summed E-state index contributed by atoms with van der Waals surface area (Å²) in [6, 6.07) is 7.25. The van der Waals surface area contributed by atoms with Crippen molar-refractivity contribution < 1.29 is 4.79 Å². The Bertz CT molecular complexity index is 874. The summed E-state index contributed by atoms with van der Waals surface area (Å²) in [4.78, 5) is 16.8. The van der Waals surface area contributed by atoms with Gasteiger partial charge in [-0.1, -0.05) is 22.9 Å². The number of rotatable bonds is 1. The van der Waals surface area contributed by atoms with Gasteiger partial charge in [-0.05, 0) is 24.3 Å². The number of thiazole rings is 1. The highest BCUT2D eigenvalue weighted by molar-refractivity contribution is 7.16. The van der Waals surface area contributed by atoms with E-state index in [-0.39, 0.29) is 5.91 Å². The number of aryl methyl sites for hydroxylation is 2. The molecule has 0 unspecified atom stereocenters. The molecule has 0 atom stereocenters. The van der Waals surface area contributed by atoms with Crippen LogP contribution in [-0.2, 0) is 14.1 Å². The molecule has 102 valence electrons. The minimum Gasteiger partial charge on any atom is -0.319 e. The van der Waals surface area contributed by atoms with Crippen LogP contribution in [-0.4, -0.2) is 20.3 Å². The largest absolute Gasteiger partial charge is 0.319 e. The van der Waals surface area contributed by atoms with Gasteiger partial charge in [0.15, 0.2) is 10.5 Å². The quantitative estimate of drug-likeness (QED) is 0.693. The van der Waals surface area contributed by atoms with Crippen LogP contribution in [0, 0.1) is 0 Å². The van der Waals surface area contributed by atoms with Crippen molar-refractivity contribution in [2.75, 3.05) is 0 Å². The van der Waals surface area contributed by atoms with E-state index in [1.54, 1.807) is 24.0 Å². The van der Waals surface area contributed by atoms with Crippen LogP contribution in [0.25, 0.3) is 10.2 Å². The van der Waals surface area contributed by atoms with E-state index in [9.17, 15) is 4.79 Å². The molecule has 20 heavy (non-hydrogen) atoms. The average Bonchev–Trinajstić information content (AvgIpc) is 2.95. The van der Waals surface area contributed by atoms with Crippen molar-refractivity contribution in [2.24, 2.45) is 19.1 Å². The first-order chi connectivity index (χ1) is 9.54. The van der Waals surface area contributed by atoms with Crippen molar-refractivity contribution in [1.82, 2.24) is 14.3 Å². The maximum atomic E-state index is 12.0. The minimum atomic E-state index is -0.348. The van der Waals surface area contributed by atoms with Gasteiger partial charge in [0.25, 0.3) is 5.91 Å². The van der Waals surface area contributed by atoms with Gasteiger partial charge >= 0.3 is 0 Å². The Morgan fingerprint density at radius 1 is 1.35 bits per heavy atom. The molecule has 0 fully saturated rings. The molecule has 2 heterocycles.